The Labute approximate surface area is 233 Å². The number of hydrogen-bond donors (Lipinski definition) is 1. The molecular formula is C29H27F3N2O7. The normalized spacial score (nSPS) is 14.5. The molecule has 1 heterocycles. The van der Waals surface area contributed by atoms with E-state index >= 15 is 0 Å². The first-order valence-electron chi connectivity index (χ1n) is 12.5. The van der Waals surface area contributed by atoms with E-state index < -0.39 is 41.4 Å². The van der Waals surface area contributed by atoms with Crippen molar-refractivity contribution < 1.29 is 46.5 Å². The molecule has 4 rings (SSSR count). The Balaban J connectivity index is 1.58. The third-order valence-corrected chi connectivity index (χ3v) is 6.31. The summed E-state index contributed by atoms with van der Waals surface area (Å²) in [5, 5.41) is 2.53. The van der Waals surface area contributed by atoms with Gasteiger partial charge >= 0.3 is 18.2 Å². The molecule has 0 spiro atoms. The average molecular weight is 573 g/mol. The number of nitrogens with zero attached hydrogens (tertiary/aromatic N) is 1. The van der Waals surface area contributed by atoms with E-state index in [0.29, 0.717) is 17.4 Å². The predicted octanol–water partition coefficient (Wildman–Crippen LogP) is 4.76. The second-order valence-corrected chi connectivity index (χ2v) is 8.99. The summed E-state index contributed by atoms with van der Waals surface area (Å²) in [6.45, 7) is -0.206. The Bertz CT molecular complexity index is 1400. The van der Waals surface area contributed by atoms with Gasteiger partial charge in [0.25, 0.3) is 5.91 Å². The first kappa shape index (κ1) is 29.2. The molecule has 0 saturated heterocycles. The molecule has 9 nitrogen and oxygen atoms in total. The first-order valence-corrected chi connectivity index (χ1v) is 12.5. The number of hydrogen-bond acceptors (Lipinski definition) is 7. The molecule has 1 N–H and O–H groups in total. The number of esters is 1. The minimum absolute atomic E-state index is 0.0264. The Hall–Kier alpha value is -4.74. The summed E-state index contributed by atoms with van der Waals surface area (Å²) in [5.41, 5.74) is -0.643. The minimum atomic E-state index is -4.90. The standard InChI is InChI=1S/C29H27F3N2O7/c1-38-20-10-8-18(9-11-20)14-25-26(35)34(13-12-33-28(37)40-17-19-6-4-3-5-7-19)23-15-21(27(36)39-2)22(29(30,31)32)16-24(23)41-25/h3-11,15-16,25H,12-14,17H2,1-2H3,(H,33,37)/t25-/m0/s1. The number of anilines is 1. The quantitative estimate of drug-likeness (QED) is 0.369. The topological polar surface area (TPSA) is 103 Å². The zero-order chi connectivity index (χ0) is 29.6. The molecule has 0 unspecified atom stereocenters. The van der Waals surface area contributed by atoms with E-state index in [4.69, 9.17) is 14.2 Å². The van der Waals surface area contributed by atoms with E-state index in [1.807, 2.05) is 6.07 Å². The molecular weight excluding hydrogens is 545 g/mol. The van der Waals surface area contributed by atoms with Crippen molar-refractivity contribution in [2.45, 2.75) is 25.3 Å². The minimum Gasteiger partial charge on any atom is -0.497 e. The SMILES string of the molecule is COC(=O)c1cc2c(cc1C(F)(F)F)O[C@@H](Cc1ccc(OC)cc1)C(=O)N2CCNC(=O)OCc1ccccc1. The lowest BCUT2D eigenvalue weighted by atomic mass is 10.0. The van der Waals surface area contributed by atoms with Crippen molar-refractivity contribution in [1.82, 2.24) is 5.32 Å². The molecule has 0 saturated carbocycles. The monoisotopic (exact) mass is 572 g/mol. The van der Waals surface area contributed by atoms with Crippen molar-refractivity contribution in [1.29, 1.82) is 0 Å². The van der Waals surface area contributed by atoms with Crippen LogP contribution in [0.2, 0.25) is 0 Å². The summed E-state index contributed by atoms with van der Waals surface area (Å²) in [6, 6.07) is 17.4. The van der Waals surface area contributed by atoms with Crippen LogP contribution in [-0.4, -0.2) is 51.4 Å². The number of amides is 2. The van der Waals surface area contributed by atoms with E-state index in [1.165, 1.54) is 12.0 Å². The maximum Gasteiger partial charge on any atom is 0.417 e. The van der Waals surface area contributed by atoms with Gasteiger partial charge in [0, 0.05) is 19.5 Å². The molecule has 216 valence electrons. The van der Waals surface area contributed by atoms with Crippen molar-refractivity contribution >= 4 is 23.7 Å². The highest BCUT2D eigenvalue weighted by molar-refractivity contribution is 6.02. The summed E-state index contributed by atoms with van der Waals surface area (Å²) in [4.78, 5) is 39.2. The number of alkyl halides is 3. The predicted molar refractivity (Wildman–Crippen MR) is 141 cm³/mol. The van der Waals surface area contributed by atoms with Crippen molar-refractivity contribution in [3.8, 4) is 11.5 Å². The largest absolute Gasteiger partial charge is 0.497 e. The Morgan fingerprint density at radius 3 is 2.34 bits per heavy atom. The molecule has 1 aliphatic rings. The van der Waals surface area contributed by atoms with Gasteiger partial charge in [-0.05, 0) is 35.4 Å². The van der Waals surface area contributed by atoms with Gasteiger partial charge in [-0.1, -0.05) is 42.5 Å². The maximum atomic E-state index is 13.9. The molecule has 0 aromatic heterocycles. The number of nitrogens with one attached hydrogen (secondary N) is 1. The zero-order valence-electron chi connectivity index (χ0n) is 22.2. The summed E-state index contributed by atoms with van der Waals surface area (Å²) >= 11 is 0. The van der Waals surface area contributed by atoms with E-state index in [9.17, 15) is 27.6 Å². The number of methoxy groups -OCH3 is 2. The maximum absolute atomic E-state index is 13.9. The van der Waals surface area contributed by atoms with Gasteiger partial charge in [0.15, 0.2) is 6.10 Å². The highest BCUT2D eigenvalue weighted by Crippen LogP contribution is 2.42. The Morgan fingerprint density at radius 1 is 1.00 bits per heavy atom. The molecule has 0 bridgehead atoms. The first-order chi connectivity index (χ1) is 19.6. The van der Waals surface area contributed by atoms with Crippen LogP contribution in [0.4, 0.5) is 23.7 Å². The van der Waals surface area contributed by atoms with Gasteiger partial charge in [-0.2, -0.15) is 13.2 Å². The molecule has 3 aromatic carbocycles. The van der Waals surface area contributed by atoms with Gasteiger partial charge in [0.2, 0.25) is 0 Å². The van der Waals surface area contributed by atoms with Crippen LogP contribution in [0.1, 0.15) is 27.0 Å². The lowest BCUT2D eigenvalue weighted by Gasteiger charge is -2.35. The number of ether oxygens (including phenoxy) is 4. The number of carbonyl (C=O) groups excluding carboxylic acids is 3. The fourth-order valence-electron chi connectivity index (χ4n) is 4.26. The molecule has 1 aliphatic heterocycles. The molecule has 0 fully saturated rings. The molecule has 0 aliphatic carbocycles. The van der Waals surface area contributed by atoms with Crippen LogP contribution < -0.4 is 19.7 Å². The highest BCUT2D eigenvalue weighted by Gasteiger charge is 2.41. The molecule has 12 heteroatoms. The Morgan fingerprint density at radius 2 is 1.71 bits per heavy atom. The number of alkyl carbamates (subject to hydrolysis) is 1. The molecule has 2 amide bonds. The van der Waals surface area contributed by atoms with Crippen molar-refractivity contribution in [2.75, 3.05) is 32.2 Å². The number of benzene rings is 3. The van der Waals surface area contributed by atoms with Crippen LogP contribution in [0, 0.1) is 0 Å². The van der Waals surface area contributed by atoms with Crippen molar-refractivity contribution in [3.63, 3.8) is 0 Å². The average Bonchev–Trinajstić information content (AvgIpc) is 2.97. The number of fused-ring (bicyclic) bond motifs is 1. The van der Waals surface area contributed by atoms with E-state index in [-0.39, 0.29) is 37.6 Å². The third kappa shape index (κ3) is 7.07. The van der Waals surface area contributed by atoms with Crippen LogP contribution in [0.25, 0.3) is 0 Å². The lowest BCUT2D eigenvalue weighted by molar-refractivity contribution is -0.138. The second kappa shape index (κ2) is 12.6. The van der Waals surface area contributed by atoms with Gasteiger partial charge in [-0.25, -0.2) is 9.59 Å². The number of rotatable bonds is 9. The van der Waals surface area contributed by atoms with Gasteiger partial charge in [0.1, 0.15) is 18.1 Å². The van der Waals surface area contributed by atoms with E-state index in [1.54, 1.807) is 48.5 Å². The Kier molecular flexibility index (Phi) is 9.00. The van der Waals surface area contributed by atoms with E-state index in [0.717, 1.165) is 18.7 Å². The van der Waals surface area contributed by atoms with Crippen molar-refractivity contribution in [2.24, 2.45) is 0 Å². The zero-order valence-corrected chi connectivity index (χ0v) is 22.2. The third-order valence-electron chi connectivity index (χ3n) is 6.31. The van der Waals surface area contributed by atoms with Crippen LogP contribution in [0.15, 0.2) is 66.7 Å². The number of halogens is 3. The van der Waals surface area contributed by atoms with Crippen LogP contribution in [0.5, 0.6) is 11.5 Å². The van der Waals surface area contributed by atoms with Gasteiger partial charge in [-0.15, -0.1) is 0 Å². The van der Waals surface area contributed by atoms with Crippen LogP contribution >= 0.6 is 0 Å². The van der Waals surface area contributed by atoms with E-state index in [2.05, 4.69) is 10.1 Å². The number of carbonyl (C=O) groups is 3. The summed E-state index contributed by atoms with van der Waals surface area (Å²) in [5.74, 6) is -1.44. The highest BCUT2D eigenvalue weighted by atomic mass is 19.4. The molecule has 3 aromatic rings. The fraction of sp³-hybridized carbons (Fsp3) is 0.276. The fourth-order valence-corrected chi connectivity index (χ4v) is 4.26. The summed E-state index contributed by atoms with van der Waals surface area (Å²) in [6.07, 6.45) is -6.77. The molecule has 0 radical (unpaired) electrons. The smallest absolute Gasteiger partial charge is 0.417 e. The van der Waals surface area contributed by atoms with Gasteiger partial charge in [-0.3, -0.25) is 4.79 Å². The summed E-state index contributed by atoms with van der Waals surface area (Å²) in [7, 11) is 2.46. The molecule has 1 atom stereocenters. The molecule has 41 heavy (non-hydrogen) atoms. The summed E-state index contributed by atoms with van der Waals surface area (Å²) < 4.78 is 62.3. The second-order valence-electron chi connectivity index (χ2n) is 8.99. The van der Waals surface area contributed by atoms with Crippen LogP contribution in [0.3, 0.4) is 0 Å². The van der Waals surface area contributed by atoms with Gasteiger partial charge < -0.3 is 29.2 Å². The lowest BCUT2D eigenvalue weighted by Crippen LogP contribution is -2.49. The van der Waals surface area contributed by atoms with Gasteiger partial charge in [0.05, 0.1) is 31.0 Å². The van der Waals surface area contributed by atoms with Crippen LogP contribution in [-0.2, 0) is 33.5 Å². The van der Waals surface area contributed by atoms with Crippen molar-refractivity contribution in [3.05, 3.63) is 89.0 Å².